The third-order valence-corrected chi connectivity index (χ3v) is 7.41. The first-order valence-electron chi connectivity index (χ1n) is 12.4. The van der Waals surface area contributed by atoms with Gasteiger partial charge >= 0.3 is 6.18 Å². The minimum absolute atomic E-state index is 0.199. The summed E-state index contributed by atoms with van der Waals surface area (Å²) < 4.78 is 46.9. The van der Waals surface area contributed by atoms with Gasteiger partial charge in [0, 0.05) is 43.5 Å². The van der Waals surface area contributed by atoms with Crippen molar-refractivity contribution in [1.29, 1.82) is 10.8 Å². The highest BCUT2D eigenvalue weighted by Crippen LogP contribution is 2.42. The van der Waals surface area contributed by atoms with Gasteiger partial charge in [0.2, 0.25) is 0 Å². The first-order valence-corrected chi connectivity index (χ1v) is 12.4. The fourth-order valence-electron chi connectivity index (χ4n) is 5.13. The normalized spacial score (nSPS) is 17.9. The molecular formula is C26H30F3N7O. The summed E-state index contributed by atoms with van der Waals surface area (Å²) in [6.07, 6.45) is -0.363. The number of ether oxygens (including phenoxy) is 1. The highest BCUT2D eigenvalue weighted by atomic mass is 19.4. The highest BCUT2D eigenvalue weighted by Gasteiger charge is 2.35. The lowest BCUT2D eigenvalue weighted by molar-refractivity contribution is -0.141. The second kappa shape index (κ2) is 10.2. The van der Waals surface area contributed by atoms with Gasteiger partial charge in [-0.3, -0.25) is 20.8 Å². The molecule has 1 aliphatic heterocycles. The van der Waals surface area contributed by atoms with Gasteiger partial charge in [-0.15, -0.1) is 0 Å². The summed E-state index contributed by atoms with van der Waals surface area (Å²) in [5.74, 6) is 0.428. The zero-order valence-corrected chi connectivity index (χ0v) is 20.6. The molecule has 1 unspecified atom stereocenters. The summed E-state index contributed by atoms with van der Waals surface area (Å²) in [4.78, 5) is 7.51. The van der Waals surface area contributed by atoms with Crippen LogP contribution in [0.15, 0.2) is 30.3 Å². The quantitative estimate of drug-likeness (QED) is 0.309. The first kappa shape index (κ1) is 25.3. The van der Waals surface area contributed by atoms with Gasteiger partial charge < -0.3 is 9.64 Å². The number of hydrogen-bond acceptors (Lipinski definition) is 6. The van der Waals surface area contributed by atoms with Crippen molar-refractivity contribution in [3.63, 3.8) is 0 Å². The minimum atomic E-state index is -4.59. The van der Waals surface area contributed by atoms with Crippen LogP contribution in [-0.4, -0.2) is 70.5 Å². The molecule has 1 aliphatic carbocycles. The fraction of sp³-hybridized carbons (Fsp3) is 0.462. The number of rotatable bonds is 7. The summed E-state index contributed by atoms with van der Waals surface area (Å²) >= 11 is 0. The lowest BCUT2D eigenvalue weighted by Crippen LogP contribution is -2.36. The number of fused-ring (bicyclic) bond motifs is 1. The highest BCUT2D eigenvalue weighted by molar-refractivity contribution is 5.96. The Bertz CT molecular complexity index is 1300. The van der Waals surface area contributed by atoms with Crippen LogP contribution in [0.1, 0.15) is 42.1 Å². The Hall–Kier alpha value is -3.31. The van der Waals surface area contributed by atoms with Crippen LogP contribution >= 0.6 is 0 Å². The van der Waals surface area contributed by atoms with Crippen molar-refractivity contribution < 1.29 is 17.9 Å². The number of nitrogens with zero attached hydrogens (tertiary/aromatic N) is 4. The van der Waals surface area contributed by atoms with Crippen molar-refractivity contribution in [2.75, 3.05) is 33.4 Å². The van der Waals surface area contributed by atoms with Gasteiger partial charge in [0.05, 0.1) is 30.8 Å². The van der Waals surface area contributed by atoms with E-state index in [-0.39, 0.29) is 12.5 Å². The second-order valence-corrected chi connectivity index (χ2v) is 9.75. The predicted octanol–water partition coefficient (Wildman–Crippen LogP) is 4.88. The standard InChI is InChI=1S/C26H30F3N7O/c1-35(15-30)25(31)22(16-4-2-5-16)17-6-3-7-18(12-17)23-19-13-21(26(27,28)29)32-20(24(19)34-33-23)14-36-8-10-37-11-9-36/h3,6-7,12-13,15-16,22,30-31H,2,4-5,8-11,14H2,1H3,(H,33,34). The molecule has 196 valence electrons. The molecule has 2 aliphatic rings. The molecule has 3 N–H and O–H groups in total. The molecule has 2 aromatic heterocycles. The molecular weight excluding hydrogens is 483 g/mol. The van der Waals surface area contributed by atoms with Crippen molar-refractivity contribution >= 4 is 23.1 Å². The Balaban J connectivity index is 1.57. The van der Waals surface area contributed by atoms with Crippen LogP contribution in [0.4, 0.5) is 13.2 Å². The summed E-state index contributed by atoms with van der Waals surface area (Å²) in [5.41, 5.74) is 1.86. The molecule has 0 radical (unpaired) electrons. The van der Waals surface area contributed by atoms with Gasteiger partial charge in [0.15, 0.2) is 0 Å². The number of H-pyrrole nitrogens is 1. The van der Waals surface area contributed by atoms with E-state index in [1.807, 2.05) is 29.2 Å². The Labute approximate surface area is 212 Å². The number of benzene rings is 1. The zero-order chi connectivity index (χ0) is 26.2. The number of aromatic amines is 1. The molecule has 1 saturated heterocycles. The van der Waals surface area contributed by atoms with Crippen LogP contribution in [0.2, 0.25) is 0 Å². The van der Waals surface area contributed by atoms with Gasteiger partial charge in [-0.05, 0) is 36.5 Å². The maximum atomic E-state index is 13.8. The van der Waals surface area contributed by atoms with E-state index in [0.717, 1.165) is 37.2 Å². The van der Waals surface area contributed by atoms with Gasteiger partial charge in [-0.25, -0.2) is 4.98 Å². The van der Waals surface area contributed by atoms with Crippen LogP contribution in [0.25, 0.3) is 22.2 Å². The molecule has 8 nitrogen and oxygen atoms in total. The molecule has 37 heavy (non-hydrogen) atoms. The lowest BCUT2D eigenvalue weighted by Gasteiger charge is -2.36. The number of amidine groups is 1. The molecule has 0 amide bonds. The molecule has 2 fully saturated rings. The Kier molecular flexibility index (Phi) is 7.00. The Morgan fingerprint density at radius 1 is 1.27 bits per heavy atom. The topological polar surface area (TPSA) is 105 Å². The SMILES string of the molecule is CN(C=N)C(=N)C(c1cccc(-c2n[nH]c3c(CN4CCOCC4)nc(C(F)(F)F)cc23)c1)C1CCC1. The minimum Gasteiger partial charge on any atom is -0.379 e. The van der Waals surface area contributed by atoms with Crippen molar-refractivity contribution in [3.05, 3.63) is 47.3 Å². The number of alkyl halides is 3. The monoisotopic (exact) mass is 513 g/mol. The summed E-state index contributed by atoms with van der Waals surface area (Å²) in [6.45, 7) is 2.59. The molecule has 1 saturated carbocycles. The second-order valence-electron chi connectivity index (χ2n) is 9.75. The maximum Gasteiger partial charge on any atom is 0.433 e. The van der Waals surface area contributed by atoms with Gasteiger partial charge in [-0.1, -0.05) is 24.6 Å². The lowest BCUT2D eigenvalue weighted by atomic mass is 9.72. The number of halogens is 3. The van der Waals surface area contributed by atoms with Crippen molar-refractivity contribution in [1.82, 2.24) is 25.0 Å². The van der Waals surface area contributed by atoms with E-state index in [4.69, 9.17) is 15.6 Å². The van der Waals surface area contributed by atoms with E-state index in [2.05, 4.69) is 15.2 Å². The molecule has 3 heterocycles. The summed E-state index contributed by atoms with van der Waals surface area (Å²) in [5, 5.41) is 24.0. The number of hydrogen-bond donors (Lipinski definition) is 3. The average molecular weight is 514 g/mol. The van der Waals surface area contributed by atoms with Gasteiger partial charge in [0.25, 0.3) is 0 Å². The van der Waals surface area contributed by atoms with Gasteiger partial charge in [-0.2, -0.15) is 18.3 Å². The maximum absolute atomic E-state index is 13.8. The van der Waals surface area contributed by atoms with Crippen molar-refractivity contribution in [2.24, 2.45) is 5.92 Å². The predicted molar refractivity (Wildman–Crippen MR) is 135 cm³/mol. The Morgan fingerprint density at radius 2 is 2.03 bits per heavy atom. The van der Waals surface area contributed by atoms with Crippen LogP contribution in [0.5, 0.6) is 0 Å². The smallest absolute Gasteiger partial charge is 0.379 e. The molecule has 0 spiro atoms. The number of likely N-dealkylation sites (N-methyl/N-ethyl adjacent to an activating group) is 1. The van der Waals surface area contributed by atoms with E-state index in [9.17, 15) is 13.2 Å². The molecule has 5 rings (SSSR count). The molecule has 1 aromatic carbocycles. The van der Waals surface area contributed by atoms with Crippen LogP contribution in [-0.2, 0) is 17.5 Å². The Morgan fingerprint density at radius 3 is 2.68 bits per heavy atom. The zero-order valence-electron chi connectivity index (χ0n) is 20.6. The van der Waals surface area contributed by atoms with Crippen molar-refractivity contribution in [2.45, 2.75) is 37.9 Å². The summed E-state index contributed by atoms with van der Waals surface area (Å²) in [7, 11) is 1.69. The third kappa shape index (κ3) is 5.10. The van der Waals surface area contributed by atoms with E-state index < -0.39 is 11.9 Å². The largest absolute Gasteiger partial charge is 0.433 e. The average Bonchev–Trinajstić information content (AvgIpc) is 3.30. The fourth-order valence-corrected chi connectivity index (χ4v) is 5.13. The van der Waals surface area contributed by atoms with Crippen molar-refractivity contribution in [3.8, 4) is 11.3 Å². The van der Waals surface area contributed by atoms with E-state index >= 15 is 0 Å². The van der Waals surface area contributed by atoms with E-state index in [1.165, 1.54) is 4.90 Å². The molecule has 3 aromatic rings. The molecule has 11 heteroatoms. The van der Waals surface area contributed by atoms with Crippen LogP contribution in [0.3, 0.4) is 0 Å². The van der Waals surface area contributed by atoms with Gasteiger partial charge in [0.1, 0.15) is 17.2 Å². The molecule has 0 bridgehead atoms. The van der Waals surface area contributed by atoms with Crippen LogP contribution < -0.4 is 0 Å². The number of aromatic nitrogens is 3. The number of pyridine rings is 1. The summed E-state index contributed by atoms with van der Waals surface area (Å²) in [6, 6.07) is 8.61. The van der Waals surface area contributed by atoms with Crippen LogP contribution in [0, 0.1) is 16.7 Å². The number of morpholine rings is 1. The number of nitrogens with one attached hydrogen (secondary N) is 3. The van der Waals surface area contributed by atoms with E-state index in [1.54, 1.807) is 7.05 Å². The first-order chi connectivity index (χ1) is 17.8. The third-order valence-electron chi connectivity index (χ3n) is 7.41. The molecule has 1 atom stereocenters. The van der Waals surface area contributed by atoms with E-state index in [0.29, 0.717) is 65.9 Å².